The van der Waals surface area contributed by atoms with Crippen molar-refractivity contribution in [2.45, 2.75) is 20.3 Å². The minimum absolute atomic E-state index is 0.276. The Bertz CT molecular complexity index is 823. The molecular weight excluding hydrogens is 294 g/mol. The molecule has 112 valence electrons. The number of thiazole rings is 1. The van der Waals surface area contributed by atoms with E-state index in [-0.39, 0.29) is 5.97 Å². The predicted octanol–water partition coefficient (Wildman–Crippen LogP) is 4.37. The van der Waals surface area contributed by atoms with Gasteiger partial charge in [-0.05, 0) is 30.2 Å². The van der Waals surface area contributed by atoms with Crippen molar-refractivity contribution in [3.63, 3.8) is 0 Å². The number of fused-ring (bicyclic) bond motifs is 1. The Labute approximate surface area is 133 Å². The molecule has 3 nitrogen and oxygen atoms in total. The smallest absolute Gasteiger partial charge is 0.350 e. The number of benzene rings is 2. The van der Waals surface area contributed by atoms with Gasteiger partial charge in [-0.2, -0.15) is 0 Å². The minimum atomic E-state index is -0.276. The monoisotopic (exact) mass is 311 g/mol. The first-order valence-corrected chi connectivity index (χ1v) is 8.10. The van der Waals surface area contributed by atoms with E-state index in [0.29, 0.717) is 11.5 Å². The quantitative estimate of drug-likeness (QED) is 0.672. The normalized spacial score (nSPS) is 10.8. The van der Waals surface area contributed by atoms with E-state index in [1.165, 1.54) is 27.7 Å². The third kappa shape index (κ3) is 3.02. The molecule has 0 saturated carbocycles. The number of nitrogens with zero attached hydrogens (tertiary/aromatic N) is 1. The molecule has 0 saturated heterocycles. The van der Waals surface area contributed by atoms with Gasteiger partial charge in [0.15, 0.2) is 0 Å². The van der Waals surface area contributed by atoms with Crippen LogP contribution in [-0.2, 0) is 11.2 Å². The molecule has 0 N–H and O–H groups in total. The Balaban J connectivity index is 1.85. The van der Waals surface area contributed by atoms with Crippen molar-refractivity contribution in [2.75, 3.05) is 6.61 Å². The van der Waals surface area contributed by atoms with Gasteiger partial charge in [0.05, 0.1) is 17.3 Å². The highest BCUT2D eigenvalue weighted by Gasteiger charge is 2.16. The fraction of sp³-hybridized carbons (Fsp3) is 0.222. The summed E-state index contributed by atoms with van der Waals surface area (Å²) in [6.45, 7) is 4.05. The van der Waals surface area contributed by atoms with Crippen LogP contribution in [0.1, 0.15) is 32.9 Å². The molecule has 2 aromatic carbocycles. The molecular formula is C18H17NO2S. The van der Waals surface area contributed by atoms with Crippen LogP contribution >= 0.6 is 11.3 Å². The molecule has 0 aliphatic rings. The first-order valence-electron chi connectivity index (χ1n) is 7.28. The highest BCUT2D eigenvalue weighted by atomic mass is 32.1. The summed E-state index contributed by atoms with van der Waals surface area (Å²) in [6, 6.07) is 14.7. The number of hydrogen-bond donors (Lipinski definition) is 0. The van der Waals surface area contributed by atoms with Crippen LogP contribution in [0.25, 0.3) is 10.8 Å². The molecule has 22 heavy (non-hydrogen) atoms. The second-order valence-corrected chi connectivity index (χ2v) is 6.18. The van der Waals surface area contributed by atoms with E-state index in [4.69, 9.17) is 4.74 Å². The van der Waals surface area contributed by atoms with Gasteiger partial charge in [-0.3, -0.25) is 0 Å². The van der Waals surface area contributed by atoms with Crippen molar-refractivity contribution in [1.29, 1.82) is 0 Å². The maximum absolute atomic E-state index is 11.9. The van der Waals surface area contributed by atoms with Crippen LogP contribution in [-0.4, -0.2) is 17.6 Å². The summed E-state index contributed by atoms with van der Waals surface area (Å²) in [5.74, 6) is -0.276. The zero-order valence-corrected chi connectivity index (χ0v) is 13.4. The maximum atomic E-state index is 11.9. The van der Waals surface area contributed by atoms with Crippen LogP contribution < -0.4 is 0 Å². The third-order valence-corrected chi connectivity index (χ3v) is 4.61. The molecule has 0 amide bonds. The number of ether oxygens (including phenoxy) is 1. The molecule has 0 atom stereocenters. The minimum Gasteiger partial charge on any atom is -0.462 e. The number of carbonyl (C=O) groups is 1. The van der Waals surface area contributed by atoms with Crippen LogP contribution in [0.4, 0.5) is 0 Å². The SMILES string of the molecule is CCOC(=O)c1sc(Cc2ccc3ccccc3c2)nc1C. The Morgan fingerprint density at radius 1 is 1.18 bits per heavy atom. The largest absolute Gasteiger partial charge is 0.462 e. The van der Waals surface area contributed by atoms with Gasteiger partial charge < -0.3 is 4.74 Å². The molecule has 0 fully saturated rings. The Kier molecular flexibility index (Phi) is 4.20. The molecule has 1 heterocycles. The van der Waals surface area contributed by atoms with Gasteiger partial charge in [0, 0.05) is 6.42 Å². The van der Waals surface area contributed by atoms with Gasteiger partial charge in [0.25, 0.3) is 0 Å². The lowest BCUT2D eigenvalue weighted by Crippen LogP contribution is -2.03. The fourth-order valence-corrected chi connectivity index (χ4v) is 3.43. The van der Waals surface area contributed by atoms with Crippen molar-refractivity contribution in [3.8, 4) is 0 Å². The van der Waals surface area contributed by atoms with E-state index in [2.05, 4.69) is 35.3 Å². The van der Waals surface area contributed by atoms with E-state index >= 15 is 0 Å². The fourth-order valence-electron chi connectivity index (χ4n) is 2.44. The van der Waals surface area contributed by atoms with Gasteiger partial charge >= 0.3 is 5.97 Å². The molecule has 0 aliphatic heterocycles. The molecule has 1 aromatic heterocycles. The van der Waals surface area contributed by atoms with Gasteiger partial charge in [-0.15, -0.1) is 11.3 Å². The average molecular weight is 311 g/mol. The predicted molar refractivity (Wildman–Crippen MR) is 89.6 cm³/mol. The average Bonchev–Trinajstić information content (AvgIpc) is 2.88. The van der Waals surface area contributed by atoms with Gasteiger partial charge in [0.1, 0.15) is 4.88 Å². The summed E-state index contributed by atoms with van der Waals surface area (Å²) in [4.78, 5) is 17.0. The van der Waals surface area contributed by atoms with Crippen LogP contribution in [0.15, 0.2) is 42.5 Å². The Hall–Kier alpha value is -2.20. The van der Waals surface area contributed by atoms with Gasteiger partial charge in [-0.25, -0.2) is 9.78 Å². The molecule has 0 spiro atoms. The summed E-state index contributed by atoms with van der Waals surface area (Å²) >= 11 is 1.42. The topological polar surface area (TPSA) is 39.2 Å². The Morgan fingerprint density at radius 2 is 1.95 bits per heavy atom. The standard InChI is InChI=1S/C18H17NO2S/c1-3-21-18(20)17-12(2)19-16(22-17)11-13-8-9-14-6-4-5-7-15(14)10-13/h4-10H,3,11H2,1-2H3. The second-order valence-electron chi connectivity index (χ2n) is 5.10. The number of carbonyl (C=O) groups excluding carboxylic acids is 1. The van der Waals surface area contributed by atoms with E-state index in [9.17, 15) is 4.79 Å². The summed E-state index contributed by atoms with van der Waals surface area (Å²) in [5.41, 5.74) is 1.95. The number of hydrogen-bond acceptors (Lipinski definition) is 4. The van der Waals surface area contributed by atoms with Crippen molar-refractivity contribution < 1.29 is 9.53 Å². The van der Waals surface area contributed by atoms with Crippen LogP contribution in [0, 0.1) is 6.92 Å². The van der Waals surface area contributed by atoms with Gasteiger partial charge in [0.2, 0.25) is 0 Å². The van der Waals surface area contributed by atoms with E-state index in [0.717, 1.165) is 17.1 Å². The van der Waals surface area contributed by atoms with Crippen LogP contribution in [0.5, 0.6) is 0 Å². The van der Waals surface area contributed by atoms with Gasteiger partial charge in [-0.1, -0.05) is 42.5 Å². The first-order chi connectivity index (χ1) is 10.7. The zero-order chi connectivity index (χ0) is 15.5. The molecule has 4 heteroatoms. The van der Waals surface area contributed by atoms with Crippen LogP contribution in [0.3, 0.4) is 0 Å². The summed E-state index contributed by atoms with van der Waals surface area (Å²) in [5, 5.41) is 3.39. The number of rotatable bonds is 4. The van der Waals surface area contributed by atoms with E-state index < -0.39 is 0 Å². The van der Waals surface area contributed by atoms with Crippen molar-refractivity contribution in [1.82, 2.24) is 4.98 Å². The molecule has 0 unspecified atom stereocenters. The lowest BCUT2D eigenvalue weighted by molar-refractivity contribution is 0.0531. The third-order valence-electron chi connectivity index (χ3n) is 3.47. The molecule has 3 rings (SSSR count). The number of esters is 1. The van der Waals surface area contributed by atoms with Crippen LogP contribution in [0.2, 0.25) is 0 Å². The lowest BCUT2D eigenvalue weighted by atomic mass is 10.1. The summed E-state index contributed by atoms with van der Waals surface area (Å²) in [6.07, 6.45) is 0.732. The van der Waals surface area contributed by atoms with Crippen molar-refractivity contribution in [2.24, 2.45) is 0 Å². The lowest BCUT2D eigenvalue weighted by Gasteiger charge is -2.01. The zero-order valence-electron chi connectivity index (χ0n) is 12.6. The highest BCUT2D eigenvalue weighted by molar-refractivity contribution is 7.13. The molecule has 0 bridgehead atoms. The maximum Gasteiger partial charge on any atom is 0.350 e. The summed E-state index contributed by atoms with van der Waals surface area (Å²) in [7, 11) is 0. The van der Waals surface area contributed by atoms with E-state index in [1.807, 2.05) is 26.0 Å². The van der Waals surface area contributed by atoms with E-state index in [1.54, 1.807) is 0 Å². The van der Waals surface area contributed by atoms with Crippen molar-refractivity contribution in [3.05, 3.63) is 63.6 Å². The number of aromatic nitrogens is 1. The molecule has 0 aliphatic carbocycles. The summed E-state index contributed by atoms with van der Waals surface area (Å²) < 4.78 is 5.06. The second kappa shape index (κ2) is 6.28. The van der Waals surface area contributed by atoms with Crippen molar-refractivity contribution >= 4 is 28.1 Å². The molecule has 3 aromatic rings. The number of aryl methyl sites for hydroxylation is 1. The molecule has 0 radical (unpaired) electrons. The highest BCUT2D eigenvalue weighted by Crippen LogP contribution is 2.23. The first kappa shape index (κ1) is 14.7. The Morgan fingerprint density at radius 3 is 2.73 bits per heavy atom.